The number of amides is 1. The Morgan fingerprint density at radius 3 is 2.24 bits per heavy atom. The SMILES string of the molecule is CC[C@@](NC(=O)c1cccc(S(=O)(=O)O)c1)(C(=O)O)c1ccccc1. The second-order valence-electron chi connectivity index (χ2n) is 5.39. The lowest BCUT2D eigenvalue weighted by atomic mass is 9.87. The monoisotopic (exact) mass is 363 g/mol. The molecular formula is C17H17NO6S. The molecule has 0 saturated carbocycles. The van der Waals surface area contributed by atoms with Crippen molar-refractivity contribution in [3.8, 4) is 0 Å². The Morgan fingerprint density at radius 2 is 1.72 bits per heavy atom. The normalized spacial score (nSPS) is 13.7. The summed E-state index contributed by atoms with van der Waals surface area (Å²) < 4.78 is 31.5. The van der Waals surface area contributed by atoms with Gasteiger partial charge < -0.3 is 10.4 Å². The zero-order valence-corrected chi connectivity index (χ0v) is 14.2. The van der Waals surface area contributed by atoms with Crippen LogP contribution in [0.1, 0.15) is 29.3 Å². The first-order chi connectivity index (χ1) is 11.7. The van der Waals surface area contributed by atoms with Gasteiger partial charge in [-0.1, -0.05) is 43.3 Å². The molecule has 0 saturated heterocycles. The minimum absolute atomic E-state index is 0.0786. The molecule has 2 aromatic rings. The summed E-state index contributed by atoms with van der Waals surface area (Å²) >= 11 is 0. The van der Waals surface area contributed by atoms with Gasteiger partial charge in [-0.3, -0.25) is 9.35 Å². The van der Waals surface area contributed by atoms with Crippen molar-refractivity contribution < 1.29 is 27.7 Å². The molecule has 0 fully saturated rings. The smallest absolute Gasteiger partial charge is 0.334 e. The second-order valence-corrected chi connectivity index (χ2v) is 6.81. The number of carbonyl (C=O) groups excluding carboxylic acids is 1. The molecule has 3 N–H and O–H groups in total. The maximum atomic E-state index is 12.5. The average Bonchev–Trinajstić information content (AvgIpc) is 2.59. The van der Waals surface area contributed by atoms with Crippen molar-refractivity contribution in [1.29, 1.82) is 0 Å². The number of carbonyl (C=O) groups is 2. The Labute approximate surface area is 145 Å². The van der Waals surface area contributed by atoms with Crippen LogP contribution in [0.4, 0.5) is 0 Å². The van der Waals surface area contributed by atoms with Gasteiger partial charge >= 0.3 is 5.97 Å². The van der Waals surface area contributed by atoms with E-state index in [0.29, 0.717) is 5.56 Å². The number of carboxylic acid groups (broad SMARTS) is 1. The van der Waals surface area contributed by atoms with Gasteiger partial charge in [-0.25, -0.2) is 4.79 Å². The van der Waals surface area contributed by atoms with Crippen LogP contribution in [-0.2, 0) is 20.5 Å². The van der Waals surface area contributed by atoms with Crippen molar-refractivity contribution in [2.24, 2.45) is 0 Å². The van der Waals surface area contributed by atoms with Crippen LogP contribution in [0, 0.1) is 0 Å². The van der Waals surface area contributed by atoms with Crippen molar-refractivity contribution in [2.45, 2.75) is 23.8 Å². The minimum Gasteiger partial charge on any atom is -0.479 e. The number of hydrogen-bond donors (Lipinski definition) is 3. The van der Waals surface area contributed by atoms with Crippen molar-refractivity contribution in [2.75, 3.05) is 0 Å². The second kappa shape index (κ2) is 7.04. The lowest BCUT2D eigenvalue weighted by molar-refractivity contribution is -0.145. The van der Waals surface area contributed by atoms with E-state index < -0.39 is 32.4 Å². The van der Waals surface area contributed by atoms with Crippen molar-refractivity contribution >= 4 is 22.0 Å². The molecular weight excluding hydrogens is 346 g/mol. The molecule has 2 aromatic carbocycles. The summed E-state index contributed by atoms with van der Waals surface area (Å²) in [5, 5.41) is 12.2. The Hall–Kier alpha value is -2.71. The zero-order valence-electron chi connectivity index (χ0n) is 13.3. The number of benzene rings is 2. The predicted octanol–water partition coefficient (Wildman–Crippen LogP) is 2.05. The van der Waals surface area contributed by atoms with Crippen LogP contribution in [0.5, 0.6) is 0 Å². The summed E-state index contributed by atoms with van der Waals surface area (Å²) in [6.07, 6.45) is 0.0794. The maximum Gasteiger partial charge on any atom is 0.334 e. The van der Waals surface area contributed by atoms with Crippen LogP contribution in [0.15, 0.2) is 59.5 Å². The molecule has 0 aliphatic carbocycles. The summed E-state index contributed by atoms with van der Waals surface area (Å²) in [6.45, 7) is 1.62. The molecule has 0 unspecified atom stereocenters. The van der Waals surface area contributed by atoms with Crippen LogP contribution in [0.2, 0.25) is 0 Å². The van der Waals surface area contributed by atoms with Gasteiger partial charge in [0.1, 0.15) is 0 Å². The highest BCUT2D eigenvalue weighted by atomic mass is 32.2. The number of rotatable bonds is 6. The molecule has 1 amide bonds. The largest absolute Gasteiger partial charge is 0.479 e. The van der Waals surface area contributed by atoms with E-state index in [2.05, 4.69) is 5.32 Å². The van der Waals surface area contributed by atoms with E-state index in [-0.39, 0.29) is 12.0 Å². The number of aliphatic carboxylic acids is 1. The predicted molar refractivity (Wildman–Crippen MR) is 89.8 cm³/mol. The van der Waals surface area contributed by atoms with Crippen molar-refractivity contribution in [3.05, 3.63) is 65.7 Å². The first-order valence-corrected chi connectivity index (χ1v) is 8.83. The van der Waals surface area contributed by atoms with E-state index in [0.717, 1.165) is 12.1 Å². The fourth-order valence-corrected chi connectivity index (χ4v) is 3.01. The van der Waals surface area contributed by atoms with E-state index >= 15 is 0 Å². The third kappa shape index (κ3) is 3.86. The molecule has 1 atom stereocenters. The molecule has 2 rings (SSSR count). The van der Waals surface area contributed by atoms with Crippen LogP contribution >= 0.6 is 0 Å². The fraction of sp³-hybridized carbons (Fsp3) is 0.176. The van der Waals surface area contributed by atoms with Crippen LogP contribution < -0.4 is 5.32 Å². The molecule has 0 radical (unpaired) electrons. The first-order valence-electron chi connectivity index (χ1n) is 7.39. The molecule has 0 spiro atoms. The molecule has 0 aromatic heterocycles. The third-order valence-electron chi connectivity index (χ3n) is 3.88. The lowest BCUT2D eigenvalue weighted by Gasteiger charge is -2.30. The van der Waals surface area contributed by atoms with E-state index in [1.807, 2.05) is 0 Å². The van der Waals surface area contributed by atoms with E-state index in [9.17, 15) is 23.1 Å². The van der Waals surface area contributed by atoms with Gasteiger partial charge in [-0.05, 0) is 30.2 Å². The Balaban J connectivity index is 2.44. The minimum atomic E-state index is -4.47. The van der Waals surface area contributed by atoms with Gasteiger partial charge in [0.2, 0.25) is 0 Å². The number of hydrogen-bond acceptors (Lipinski definition) is 4. The summed E-state index contributed by atoms with van der Waals surface area (Å²) in [4.78, 5) is 24.0. The highest BCUT2D eigenvalue weighted by Gasteiger charge is 2.40. The summed E-state index contributed by atoms with van der Waals surface area (Å²) in [5.74, 6) is -2.00. The molecule has 0 aliphatic heterocycles. The van der Waals surface area contributed by atoms with Gasteiger partial charge in [0.25, 0.3) is 16.0 Å². The molecule has 0 aliphatic rings. The van der Waals surface area contributed by atoms with E-state index in [1.165, 1.54) is 12.1 Å². The molecule has 25 heavy (non-hydrogen) atoms. The fourth-order valence-electron chi connectivity index (χ4n) is 2.48. The standard InChI is InChI=1S/C17H17NO6S/c1-2-17(16(20)21,13-8-4-3-5-9-13)18-15(19)12-7-6-10-14(11-12)25(22,23)24/h3-11H,2H2,1H3,(H,18,19)(H,20,21)(H,22,23,24)/t17-/m0/s1. The van der Waals surface area contributed by atoms with Crippen molar-refractivity contribution in [1.82, 2.24) is 5.32 Å². The number of nitrogens with one attached hydrogen (secondary N) is 1. The van der Waals surface area contributed by atoms with Gasteiger partial charge in [0, 0.05) is 5.56 Å². The quantitative estimate of drug-likeness (QED) is 0.676. The highest BCUT2D eigenvalue weighted by Crippen LogP contribution is 2.26. The lowest BCUT2D eigenvalue weighted by Crippen LogP contribution is -2.51. The highest BCUT2D eigenvalue weighted by molar-refractivity contribution is 7.85. The zero-order chi connectivity index (χ0) is 18.7. The Kier molecular flexibility index (Phi) is 5.24. The average molecular weight is 363 g/mol. The molecule has 132 valence electrons. The van der Waals surface area contributed by atoms with Crippen LogP contribution in [-0.4, -0.2) is 30.0 Å². The van der Waals surface area contributed by atoms with Gasteiger partial charge in [-0.15, -0.1) is 0 Å². The topological polar surface area (TPSA) is 121 Å². The van der Waals surface area contributed by atoms with E-state index in [1.54, 1.807) is 37.3 Å². The van der Waals surface area contributed by atoms with Crippen LogP contribution in [0.3, 0.4) is 0 Å². The summed E-state index contributed by atoms with van der Waals surface area (Å²) in [5.41, 5.74) is -1.35. The molecule has 0 heterocycles. The third-order valence-corrected chi connectivity index (χ3v) is 4.73. The number of carboxylic acids is 1. The summed E-state index contributed by atoms with van der Waals surface area (Å²) in [6, 6.07) is 13.0. The molecule has 0 bridgehead atoms. The maximum absolute atomic E-state index is 12.5. The van der Waals surface area contributed by atoms with Gasteiger partial charge in [0.15, 0.2) is 5.54 Å². The van der Waals surface area contributed by atoms with Crippen LogP contribution in [0.25, 0.3) is 0 Å². The van der Waals surface area contributed by atoms with Crippen molar-refractivity contribution in [3.63, 3.8) is 0 Å². The van der Waals surface area contributed by atoms with Gasteiger partial charge in [-0.2, -0.15) is 8.42 Å². The van der Waals surface area contributed by atoms with E-state index in [4.69, 9.17) is 4.55 Å². The van der Waals surface area contributed by atoms with Gasteiger partial charge in [0.05, 0.1) is 4.90 Å². The molecule has 8 heteroatoms. The molecule has 7 nitrogen and oxygen atoms in total. The Morgan fingerprint density at radius 1 is 1.08 bits per heavy atom. The Bertz CT molecular complexity index is 894. The first kappa shape index (κ1) is 18.6. The summed E-state index contributed by atoms with van der Waals surface area (Å²) in [7, 11) is -4.47.